The van der Waals surface area contributed by atoms with Gasteiger partial charge in [-0.2, -0.15) is 0 Å². The van der Waals surface area contributed by atoms with Crippen molar-refractivity contribution in [2.45, 2.75) is 32.2 Å². The molecule has 1 heterocycles. The molecule has 0 saturated carbocycles. The van der Waals surface area contributed by atoms with Crippen molar-refractivity contribution in [3.63, 3.8) is 0 Å². The molecular formula is C22H27ClN2O2. The first kappa shape index (κ1) is 19.7. The lowest BCUT2D eigenvalue weighted by Gasteiger charge is -2.37. The van der Waals surface area contributed by atoms with Gasteiger partial charge in [-0.15, -0.1) is 0 Å². The van der Waals surface area contributed by atoms with Gasteiger partial charge < -0.3 is 10.0 Å². The number of benzene rings is 2. The van der Waals surface area contributed by atoms with Crippen LogP contribution in [0.3, 0.4) is 0 Å². The Morgan fingerprint density at radius 2 is 1.78 bits per heavy atom. The van der Waals surface area contributed by atoms with Gasteiger partial charge in [0.25, 0.3) is 0 Å². The average molecular weight is 387 g/mol. The number of amides is 1. The van der Waals surface area contributed by atoms with Gasteiger partial charge in [0.05, 0.1) is 0 Å². The number of piperazine rings is 1. The molecule has 5 heteroatoms. The Balaban J connectivity index is 1.80. The van der Waals surface area contributed by atoms with Crippen LogP contribution in [-0.4, -0.2) is 53.0 Å². The Labute approximate surface area is 166 Å². The highest BCUT2D eigenvalue weighted by molar-refractivity contribution is 6.31. The van der Waals surface area contributed by atoms with Crippen molar-refractivity contribution >= 4 is 17.5 Å². The van der Waals surface area contributed by atoms with Crippen LogP contribution in [0.4, 0.5) is 0 Å². The topological polar surface area (TPSA) is 43.8 Å². The van der Waals surface area contributed by atoms with E-state index in [1.807, 2.05) is 35.2 Å². The minimum atomic E-state index is -0.179. The number of phenols is 1. The largest absolute Gasteiger partial charge is 0.508 e. The number of rotatable bonds is 5. The van der Waals surface area contributed by atoms with Crippen LogP contribution in [0.15, 0.2) is 48.5 Å². The minimum absolute atomic E-state index is 0.131. The maximum absolute atomic E-state index is 13.0. The van der Waals surface area contributed by atoms with Crippen molar-refractivity contribution in [2.24, 2.45) is 0 Å². The summed E-state index contributed by atoms with van der Waals surface area (Å²) in [5.41, 5.74) is 1.82. The molecule has 1 saturated heterocycles. The van der Waals surface area contributed by atoms with Crippen LogP contribution in [0.2, 0.25) is 5.02 Å². The zero-order valence-corrected chi connectivity index (χ0v) is 16.7. The van der Waals surface area contributed by atoms with Crippen molar-refractivity contribution < 1.29 is 9.90 Å². The van der Waals surface area contributed by atoms with E-state index in [1.54, 1.807) is 18.2 Å². The quantitative estimate of drug-likeness (QED) is 0.840. The molecule has 1 unspecified atom stereocenters. The highest BCUT2D eigenvalue weighted by Gasteiger charge is 2.27. The number of phenolic OH excluding ortho intramolecular Hbond substituents is 1. The molecule has 4 nitrogen and oxygen atoms in total. The Hall–Kier alpha value is -2.04. The van der Waals surface area contributed by atoms with Crippen molar-refractivity contribution in [1.82, 2.24) is 9.80 Å². The molecule has 0 bridgehead atoms. The summed E-state index contributed by atoms with van der Waals surface area (Å²) in [7, 11) is 0. The van der Waals surface area contributed by atoms with Crippen molar-refractivity contribution in [1.29, 1.82) is 0 Å². The summed E-state index contributed by atoms with van der Waals surface area (Å²) in [5.74, 6) is 0.149. The van der Waals surface area contributed by atoms with Gasteiger partial charge >= 0.3 is 0 Å². The molecule has 27 heavy (non-hydrogen) atoms. The molecule has 3 rings (SSSR count). The third-order valence-corrected chi connectivity index (χ3v) is 5.67. The molecule has 1 aliphatic rings. The Kier molecular flexibility index (Phi) is 6.40. The van der Waals surface area contributed by atoms with E-state index in [-0.39, 0.29) is 17.6 Å². The second kappa shape index (κ2) is 8.77. The van der Waals surface area contributed by atoms with E-state index in [0.717, 1.165) is 37.3 Å². The molecular weight excluding hydrogens is 360 g/mol. The van der Waals surface area contributed by atoms with E-state index in [9.17, 15) is 9.90 Å². The second-order valence-electron chi connectivity index (χ2n) is 7.38. The molecule has 144 valence electrons. The second-order valence-corrected chi connectivity index (χ2v) is 7.79. The first-order chi connectivity index (χ1) is 13.0. The number of hydrogen-bond acceptors (Lipinski definition) is 3. The summed E-state index contributed by atoms with van der Waals surface area (Å²) >= 11 is 6.44. The summed E-state index contributed by atoms with van der Waals surface area (Å²) in [6.07, 6.45) is 0.342. The zero-order chi connectivity index (χ0) is 19.4. The summed E-state index contributed by atoms with van der Waals surface area (Å²) in [5, 5.41) is 10.6. The van der Waals surface area contributed by atoms with E-state index in [4.69, 9.17) is 11.6 Å². The first-order valence-corrected chi connectivity index (χ1v) is 9.88. The molecule has 0 aliphatic carbocycles. The first-order valence-electron chi connectivity index (χ1n) is 9.51. The molecule has 1 atom stereocenters. The van der Waals surface area contributed by atoms with Crippen LogP contribution in [0.25, 0.3) is 0 Å². The molecule has 0 aromatic heterocycles. The van der Waals surface area contributed by atoms with Gasteiger partial charge in [0.15, 0.2) is 0 Å². The standard InChI is InChI=1S/C22H27ClN2O2/c1-16(2)24-10-12-25(13-11-24)22(27)15-20(17-6-5-7-18(26)14-17)19-8-3-4-9-21(19)23/h3-9,14,16,20,26H,10-13,15H2,1-2H3. The minimum Gasteiger partial charge on any atom is -0.508 e. The van der Waals surface area contributed by atoms with E-state index in [0.29, 0.717) is 17.5 Å². The predicted molar refractivity (Wildman–Crippen MR) is 109 cm³/mol. The van der Waals surface area contributed by atoms with Gasteiger partial charge in [0.2, 0.25) is 5.91 Å². The highest BCUT2D eigenvalue weighted by Crippen LogP contribution is 2.34. The fourth-order valence-electron chi connectivity index (χ4n) is 3.70. The molecule has 1 amide bonds. The zero-order valence-electron chi connectivity index (χ0n) is 15.9. The van der Waals surface area contributed by atoms with Gasteiger partial charge in [0, 0.05) is 49.6 Å². The number of aromatic hydroxyl groups is 1. The Morgan fingerprint density at radius 3 is 2.41 bits per heavy atom. The molecule has 0 radical (unpaired) electrons. The molecule has 2 aromatic rings. The molecule has 2 aromatic carbocycles. The number of carbonyl (C=O) groups excluding carboxylic acids is 1. The number of nitrogens with zero attached hydrogens (tertiary/aromatic N) is 2. The predicted octanol–water partition coefficient (Wildman–Crippen LogP) is 4.12. The normalized spacial score (nSPS) is 16.5. The van der Waals surface area contributed by atoms with Gasteiger partial charge in [-0.05, 0) is 43.2 Å². The fraction of sp³-hybridized carbons (Fsp3) is 0.409. The van der Waals surface area contributed by atoms with Gasteiger partial charge in [-0.25, -0.2) is 0 Å². The number of hydrogen-bond donors (Lipinski definition) is 1. The lowest BCUT2D eigenvalue weighted by Crippen LogP contribution is -2.50. The lowest BCUT2D eigenvalue weighted by atomic mass is 9.87. The number of halogens is 1. The average Bonchev–Trinajstić information content (AvgIpc) is 2.66. The maximum atomic E-state index is 13.0. The SMILES string of the molecule is CC(C)N1CCN(C(=O)CC(c2cccc(O)c2)c2ccccc2Cl)CC1. The van der Waals surface area contributed by atoms with Gasteiger partial charge in [0.1, 0.15) is 5.75 Å². The summed E-state index contributed by atoms with van der Waals surface area (Å²) in [4.78, 5) is 17.4. The Morgan fingerprint density at radius 1 is 1.07 bits per heavy atom. The van der Waals surface area contributed by atoms with Crippen molar-refractivity contribution in [3.05, 3.63) is 64.7 Å². The molecule has 0 spiro atoms. The van der Waals surface area contributed by atoms with E-state index < -0.39 is 0 Å². The van der Waals surface area contributed by atoms with Crippen LogP contribution in [0, 0.1) is 0 Å². The monoisotopic (exact) mass is 386 g/mol. The van der Waals surface area contributed by atoms with Gasteiger partial charge in [-0.1, -0.05) is 41.9 Å². The van der Waals surface area contributed by atoms with Crippen LogP contribution < -0.4 is 0 Å². The van der Waals surface area contributed by atoms with Crippen LogP contribution in [0.5, 0.6) is 5.75 Å². The van der Waals surface area contributed by atoms with E-state index in [2.05, 4.69) is 18.7 Å². The van der Waals surface area contributed by atoms with Crippen LogP contribution >= 0.6 is 11.6 Å². The maximum Gasteiger partial charge on any atom is 0.223 e. The highest BCUT2D eigenvalue weighted by atomic mass is 35.5. The third-order valence-electron chi connectivity index (χ3n) is 5.33. The van der Waals surface area contributed by atoms with Crippen LogP contribution in [0.1, 0.15) is 37.3 Å². The van der Waals surface area contributed by atoms with Crippen molar-refractivity contribution in [2.75, 3.05) is 26.2 Å². The van der Waals surface area contributed by atoms with Crippen LogP contribution in [-0.2, 0) is 4.79 Å². The molecule has 1 N–H and O–H groups in total. The summed E-state index contributed by atoms with van der Waals surface area (Å²) in [6.45, 7) is 7.71. The lowest BCUT2D eigenvalue weighted by molar-refractivity contribution is -0.133. The smallest absolute Gasteiger partial charge is 0.223 e. The third kappa shape index (κ3) is 4.82. The number of carbonyl (C=O) groups is 1. The molecule has 1 aliphatic heterocycles. The van der Waals surface area contributed by atoms with Crippen molar-refractivity contribution in [3.8, 4) is 5.75 Å². The fourth-order valence-corrected chi connectivity index (χ4v) is 3.97. The van der Waals surface area contributed by atoms with E-state index >= 15 is 0 Å². The van der Waals surface area contributed by atoms with E-state index in [1.165, 1.54) is 0 Å². The molecule has 1 fully saturated rings. The summed E-state index contributed by atoms with van der Waals surface area (Å²) in [6, 6.07) is 15.2. The van der Waals surface area contributed by atoms with Gasteiger partial charge in [-0.3, -0.25) is 9.69 Å². The summed E-state index contributed by atoms with van der Waals surface area (Å²) < 4.78 is 0. The Bertz CT molecular complexity index is 785.